The third-order valence-electron chi connectivity index (χ3n) is 4.68. The topological polar surface area (TPSA) is 80.4 Å². The highest BCUT2D eigenvalue weighted by Gasteiger charge is 2.14. The summed E-state index contributed by atoms with van der Waals surface area (Å²) >= 11 is 0. The average molecular weight is 358 g/mol. The second-order valence-corrected chi connectivity index (χ2v) is 6.84. The molecule has 1 aliphatic heterocycles. The second-order valence-electron chi connectivity index (χ2n) is 6.84. The molecule has 0 radical (unpaired) electrons. The lowest BCUT2D eigenvalue weighted by Gasteiger charge is -2.28. The van der Waals surface area contributed by atoms with Crippen LogP contribution in [-0.2, 0) is 17.8 Å². The highest BCUT2D eigenvalue weighted by Crippen LogP contribution is 2.16. The zero-order valence-corrected chi connectivity index (χ0v) is 15.2. The maximum atomic E-state index is 12.3. The van der Waals surface area contributed by atoms with Crippen LogP contribution in [0.2, 0.25) is 0 Å². The predicted octanol–water partition coefficient (Wildman–Crippen LogP) is 1.96. The number of nitrogens with zero attached hydrogens (tertiary/aromatic N) is 3. The van der Waals surface area contributed by atoms with Gasteiger partial charge in [-0.1, -0.05) is 0 Å². The van der Waals surface area contributed by atoms with Gasteiger partial charge in [0.25, 0.3) is 5.56 Å². The Morgan fingerprint density at radius 3 is 2.85 bits per heavy atom. The molecule has 1 saturated heterocycles. The number of aromatic nitrogens is 2. The van der Waals surface area contributed by atoms with Gasteiger partial charge in [0.2, 0.25) is 5.91 Å². The van der Waals surface area contributed by atoms with E-state index in [1.54, 1.807) is 18.5 Å². The van der Waals surface area contributed by atoms with Crippen molar-refractivity contribution in [2.24, 2.45) is 0 Å². The number of amides is 1. The first kappa shape index (κ1) is 18.2. The monoisotopic (exact) mass is 358 g/mol. The van der Waals surface area contributed by atoms with E-state index in [1.807, 2.05) is 19.1 Å². The van der Waals surface area contributed by atoms with Crippen LogP contribution in [0.1, 0.15) is 38.4 Å². The molecule has 0 aromatic carbocycles. The van der Waals surface area contributed by atoms with Crippen LogP contribution in [0.5, 0.6) is 0 Å². The Morgan fingerprint density at radius 2 is 2.15 bits per heavy atom. The third kappa shape index (κ3) is 4.97. The van der Waals surface area contributed by atoms with E-state index in [4.69, 9.17) is 4.42 Å². The van der Waals surface area contributed by atoms with Gasteiger partial charge in [-0.2, -0.15) is 5.10 Å². The Bertz CT molecular complexity index is 763. The molecule has 7 heteroatoms. The van der Waals surface area contributed by atoms with Crippen LogP contribution in [0.15, 0.2) is 39.9 Å². The van der Waals surface area contributed by atoms with E-state index in [0.717, 1.165) is 50.2 Å². The lowest BCUT2D eigenvalue weighted by molar-refractivity contribution is -0.122. The Balaban J connectivity index is 1.51. The smallest absolute Gasteiger partial charge is 0.269 e. The fraction of sp³-hybridized carbons (Fsp3) is 0.526. The van der Waals surface area contributed by atoms with Crippen molar-refractivity contribution >= 4 is 11.6 Å². The van der Waals surface area contributed by atoms with E-state index in [0.29, 0.717) is 0 Å². The molecular formula is C19H26N4O3. The van der Waals surface area contributed by atoms with Gasteiger partial charge in [0, 0.05) is 31.6 Å². The Labute approximate surface area is 153 Å². The van der Waals surface area contributed by atoms with Crippen LogP contribution < -0.4 is 15.8 Å². The zero-order valence-electron chi connectivity index (χ0n) is 15.2. The summed E-state index contributed by atoms with van der Waals surface area (Å²) in [6.45, 7) is 3.79. The largest absolute Gasteiger partial charge is 0.469 e. The van der Waals surface area contributed by atoms with Crippen LogP contribution >= 0.6 is 0 Å². The molecule has 2 aromatic rings. The van der Waals surface area contributed by atoms with Crippen molar-refractivity contribution in [3.63, 3.8) is 0 Å². The van der Waals surface area contributed by atoms with Gasteiger partial charge < -0.3 is 14.6 Å². The predicted molar refractivity (Wildman–Crippen MR) is 99.2 cm³/mol. The number of aryl methyl sites for hydroxylation is 1. The van der Waals surface area contributed by atoms with Crippen molar-refractivity contribution in [3.05, 3.63) is 46.8 Å². The fourth-order valence-corrected chi connectivity index (χ4v) is 3.21. The summed E-state index contributed by atoms with van der Waals surface area (Å²) in [5.41, 5.74) is 0.602. The first-order valence-corrected chi connectivity index (χ1v) is 9.25. The molecule has 7 nitrogen and oxygen atoms in total. The molecule has 3 rings (SSSR count). The van der Waals surface area contributed by atoms with Crippen LogP contribution in [0.4, 0.5) is 5.69 Å². The minimum Gasteiger partial charge on any atom is -0.469 e. The van der Waals surface area contributed by atoms with Gasteiger partial charge in [-0.25, -0.2) is 4.68 Å². The van der Waals surface area contributed by atoms with E-state index >= 15 is 0 Å². The van der Waals surface area contributed by atoms with Crippen LogP contribution in [0, 0.1) is 0 Å². The van der Waals surface area contributed by atoms with Crippen molar-refractivity contribution in [2.75, 3.05) is 18.0 Å². The maximum Gasteiger partial charge on any atom is 0.269 e. The number of anilines is 1. The van der Waals surface area contributed by atoms with Gasteiger partial charge in [0.15, 0.2) is 0 Å². The molecule has 1 aliphatic rings. The summed E-state index contributed by atoms with van der Waals surface area (Å²) in [6, 6.07) is 5.34. The molecule has 1 amide bonds. The SMILES string of the molecule is CC(CCc1ccco1)NC(=O)Cn1ncc(N2CCCCC2)cc1=O. The van der Waals surface area contributed by atoms with E-state index < -0.39 is 0 Å². The molecule has 1 unspecified atom stereocenters. The van der Waals surface area contributed by atoms with Gasteiger partial charge >= 0.3 is 0 Å². The summed E-state index contributed by atoms with van der Waals surface area (Å²) in [6.07, 6.45) is 8.37. The number of rotatable bonds is 7. The molecular weight excluding hydrogens is 332 g/mol. The Kier molecular flexibility index (Phi) is 6.09. The number of piperidine rings is 1. The summed E-state index contributed by atoms with van der Waals surface area (Å²) in [7, 11) is 0. The first-order valence-electron chi connectivity index (χ1n) is 9.25. The number of nitrogens with one attached hydrogen (secondary N) is 1. The summed E-state index contributed by atoms with van der Waals surface area (Å²) in [5, 5.41) is 7.08. The summed E-state index contributed by atoms with van der Waals surface area (Å²) < 4.78 is 6.50. The molecule has 26 heavy (non-hydrogen) atoms. The van der Waals surface area contributed by atoms with E-state index in [2.05, 4.69) is 15.3 Å². The normalized spacial score (nSPS) is 15.7. The van der Waals surface area contributed by atoms with Gasteiger partial charge in [-0.3, -0.25) is 9.59 Å². The number of carbonyl (C=O) groups is 1. The fourth-order valence-electron chi connectivity index (χ4n) is 3.21. The lowest BCUT2D eigenvalue weighted by atomic mass is 10.1. The van der Waals surface area contributed by atoms with E-state index in [-0.39, 0.29) is 24.1 Å². The molecule has 0 bridgehead atoms. The molecule has 140 valence electrons. The first-order chi connectivity index (χ1) is 12.6. The zero-order chi connectivity index (χ0) is 18.4. The molecule has 3 heterocycles. The van der Waals surface area contributed by atoms with Crippen molar-refractivity contribution in [3.8, 4) is 0 Å². The molecule has 2 aromatic heterocycles. The van der Waals surface area contributed by atoms with Crippen LogP contribution in [0.25, 0.3) is 0 Å². The maximum absolute atomic E-state index is 12.3. The summed E-state index contributed by atoms with van der Waals surface area (Å²) in [5.74, 6) is 0.689. The number of hydrogen-bond donors (Lipinski definition) is 1. The Morgan fingerprint density at radius 1 is 1.35 bits per heavy atom. The number of hydrogen-bond acceptors (Lipinski definition) is 5. The molecule has 0 saturated carbocycles. The average Bonchev–Trinajstić information content (AvgIpc) is 3.16. The molecule has 0 aliphatic carbocycles. The van der Waals surface area contributed by atoms with Crippen LogP contribution in [0.3, 0.4) is 0 Å². The highest BCUT2D eigenvalue weighted by molar-refractivity contribution is 5.75. The van der Waals surface area contributed by atoms with Crippen molar-refractivity contribution in [2.45, 2.75) is 51.6 Å². The van der Waals surface area contributed by atoms with Gasteiger partial charge in [0.05, 0.1) is 18.1 Å². The lowest BCUT2D eigenvalue weighted by Crippen LogP contribution is -2.38. The standard InChI is InChI=1S/C19H26N4O3/c1-15(7-8-17-6-5-11-26-17)21-18(24)14-23-19(25)12-16(13-20-23)22-9-3-2-4-10-22/h5-6,11-13,15H,2-4,7-10,14H2,1H3,(H,21,24). The van der Waals surface area contributed by atoms with Gasteiger partial charge in [-0.05, 0) is 44.7 Å². The Hall–Kier alpha value is -2.57. The highest BCUT2D eigenvalue weighted by atomic mass is 16.3. The summed E-state index contributed by atoms with van der Waals surface area (Å²) in [4.78, 5) is 26.6. The second kappa shape index (κ2) is 8.69. The molecule has 0 spiro atoms. The minimum absolute atomic E-state index is 0.00377. The molecule has 1 N–H and O–H groups in total. The van der Waals surface area contributed by atoms with Crippen molar-refractivity contribution in [1.82, 2.24) is 15.1 Å². The van der Waals surface area contributed by atoms with Crippen molar-refractivity contribution in [1.29, 1.82) is 0 Å². The molecule has 1 atom stereocenters. The van der Waals surface area contributed by atoms with Gasteiger partial charge in [0.1, 0.15) is 12.3 Å². The number of carbonyl (C=O) groups excluding carboxylic acids is 1. The number of furan rings is 1. The third-order valence-corrected chi connectivity index (χ3v) is 4.68. The van der Waals surface area contributed by atoms with E-state index in [1.165, 1.54) is 11.1 Å². The van der Waals surface area contributed by atoms with Gasteiger partial charge in [-0.15, -0.1) is 0 Å². The van der Waals surface area contributed by atoms with Crippen molar-refractivity contribution < 1.29 is 9.21 Å². The molecule has 1 fully saturated rings. The van der Waals surface area contributed by atoms with E-state index in [9.17, 15) is 9.59 Å². The minimum atomic E-state index is -0.244. The van der Waals surface area contributed by atoms with Crippen LogP contribution in [-0.4, -0.2) is 34.8 Å². The quantitative estimate of drug-likeness (QED) is 0.818.